The SMILES string of the molecule is C/C(=C/C(=N/O)c1ccccc1)CCl. The van der Waals surface area contributed by atoms with Gasteiger partial charge in [0.2, 0.25) is 0 Å². The van der Waals surface area contributed by atoms with Crippen molar-refractivity contribution in [2.45, 2.75) is 6.92 Å². The van der Waals surface area contributed by atoms with Crippen molar-refractivity contribution in [1.29, 1.82) is 0 Å². The average Bonchev–Trinajstić information content (AvgIpc) is 2.26. The summed E-state index contributed by atoms with van der Waals surface area (Å²) in [4.78, 5) is 0. The summed E-state index contributed by atoms with van der Waals surface area (Å²) in [5, 5.41) is 12.1. The van der Waals surface area contributed by atoms with Gasteiger partial charge in [-0.25, -0.2) is 0 Å². The molecule has 0 aromatic heterocycles. The van der Waals surface area contributed by atoms with E-state index in [1.165, 1.54) is 0 Å². The van der Waals surface area contributed by atoms with Crippen molar-refractivity contribution < 1.29 is 5.21 Å². The minimum absolute atomic E-state index is 0.436. The maximum atomic E-state index is 8.82. The van der Waals surface area contributed by atoms with Gasteiger partial charge in [0.05, 0.1) is 0 Å². The lowest BCUT2D eigenvalue weighted by molar-refractivity contribution is 0.320. The van der Waals surface area contributed by atoms with E-state index in [1.54, 1.807) is 6.08 Å². The molecule has 0 bridgehead atoms. The van der Waals surface area contributed by atoms with Crippen molar-refractivity contribution in [3.63, 3.8) is 0 Å². The highest BCUT2D eigenvalue weighted by Gasteiger charge is 1.99. The van der Waals surface area contributed by atoms with Gasteiger partial charge in [0, 0.05) is 11.4 Å². The van der Waals surface area contributed by atoms with Crippen LogP contribution in [0.2, 0.25) is 0 Å². The van der Waals surface area contributed by atoms with E-state index in [4.69, 9.17) is 16.8 Å². The number of allylic oxidation sites excluding steroid dienone is 2. The van der Waals surface area contributed by atoms with E-state index in [0.29, 0.717) is 11.6 Å². The van der Waals surface area contributed by atoms with Crippen LogP contribution in [0.25, 0.3) is 0 Å². The Labute approximate surface area is 88.5 Å². The van der Waals surface area contributed by atoms with Crippen LogP contribution in [0.1, 0.15) is 12.5 Å². The highest BCUT2D eigenvalue weighted by Crippen LogP contribution is 2.05. The van der Waals surface area contributed by atoms with Crippen LogP contribution >= 0.6 is 11.6 Å². The molecule has 0 radical (unpaired) electrons. The smallest absolute Gasteiger partial charge is 0.109 e. The van der Waals surface area contributed by atoms with Gasteiger partial charge in [0.25, 0.3) is 0 Å². The number of nitrogens with zero attached hydrogens (tertiary/aromatic N) is 1. The Kier molecular flexibility index (Phi) is 4.20. The molecule has 2 nitrogen and oxygen atoms in total. The molecule has 74 valence electrons. The van der Waals surface area contributed by atoms with Gasteiger partial charge in [-0.15, -0.1) is 11.6 Å². The number of hydrogen-bond acceptors (Lipinski definition) is 2. The van der Waals surface area contributed by atoms with Crippen molar-refractivity contribution in [1.82, 2.24) is 0 Å². The molecule has 14 heavy (non-hydrogen) atoms. The zero-order valence-electron chi connectivity index (χ0n) is 7.94. The van der Waals surface area contributed by atoms with Crippen LogP contribution in [0, 0.1) is 0 Å². The van der Waals surface area contributed by atoms with E-state index in [-0.39, 0.29) is 0 Å². The molecular weight excluding hydrogens is 198 g/mol. The molecule has 1 aromatic rings. The fourth-order valence-electron chi connectivity index (χ4n) is 1.05. The number of halogens is 1. The van der Waals surface area contributed by atoms with E-state index in [2.05, 4.69) is 5.16 Å². The van der Waals surface area contributed by atoms with Crippen LogP contribution in [0.4, 0.5) is 0 Å². The Morgan fingerprint density at radius 1 is 1.43 bits per heavy atom. The lowest BCUT2D eigenvalue weighted by atomic mass is 10.1. The first kappa shape index (κ1) is 10.8. The van der Waals surface area contributed by atoms with Crippen LogP contribution in [0.3, 0.4) is 0 Å². The van der Waals surface area contributed by atoms with E-state index in [1.807, 2.05) is 37.3 Å². The van der Waals surface area contributed by atoms with E-state index in [9.17, 15) is 0 Å². The van der Waals surface area contributed by atoms with E-state index >= 15 is 0 Å². The molecule has 0 spiro atoms. The molecule has 3 heteroatoms. The summed E-state index contributed by atoms with van der Waals surface area (Å²) in [5.41, 5.74) is 2.37. The Hall–Kier alpha value is -1.28. The second-order valence-electron chi connectivity index (χ2n) is 2.98. The molecule has 0 amide bonds. The fraction of sp³-hybridized carbons (Fsp3) is 0.182. The summed E-state index contributed by atoms with van der Waals surface area (Å²) >= 11 is 5.64. The monoisotopic (exact) mass is 209 g/mol. The first-order valence-electron chi connectivity index (χ1n) is 4.28. The van der Waals surface area contributed by atoms with Crippen molar-refractivity contribution in [3.05, 3.63) is 47.5 Å². The second-order valence-corrected chi connectivity index (χ2v) is 3.24. The minimum atomic E-state index is 0.436. The van der Waals surface area contributed by atoms with E-state index < -0.39 is 0 Å². The van der Waals surface area contributed by atoms with Gasteiger partial charge in [0.15, 0.2) is 0 Å². The standard InChI is InChI=1S/C11H12ClNO/c1-9(8-12)7-11(13-14)10-5-3-2-4-6-10/h2-7,14H,8H2,1H3/b9-7-,13-11-. The molecule has 1 rings (SSSR count). The van der Waals surface area contributed by atoms with Crippen LogP contribution in [-0.4, -0.2) is 16.8 Å². The summed E-state index contributed by atoms with van der Waals surface area (Å²) in [5.74, 6) is 0.436. The number of hydrogen-bond donors (Lipinski definition) is 1. The normalized spacial score (nSPS) is 13.0. The van der Waals surface area contributed by atoms with Crippen LogP contribution in [0.15, 0.2) is 47.1 Å². The number of alkyl halides is 1. The van der Waals surface area contributed by atoms with Crippen molar-refractivity contribution in [2.75, 3.05) is 5.88 Å². The van der Waals surface area contributed by atoms with Gasteiger partial charge in [-0.2, -0.15) is 0 Å². The first-order chi connectivity index (χ1) is 6.77. The van der Waals surface area contributed by atoms with Gasteiger partial charge in [0.1, 0.15) is 5.71 Å². The third-order valence-electron chi connectivity index (χ3n) is 1.77. The predicted molar refractivity (Wildman–Crippen MR) is 59.2 cm³/mol. The van der Waals surface area contributed by atoms with E-state index in [0.717, 1.165) is 11.1 Å². The number of benzene rings is 1. The molecule has 0 aliphatic carbocycles. The Bertz CT molecular complexity index is 344. The van der Waals surface area contributed by atoms with Crippen LogP contribution in [-0.2, 0) is 0 Å². The third kappa shape index (κ3) is 2.89. The number of oxime groups is 1. The number of rotatable bonds is 3. The molecule has 1 aromatic carbocycles. The zero-order valence-corrected chi connectivity index (χ0v) is 8.70. The molecule has 0 atom stereocenters. The van der Waals surface area contributed by atoms with Gasteiger partial charge < -0.3 is 5.21 Å². The molecular formula is C11H12ClNO. The molecule has 0 heterocycles. The van der Waals surface area contributed by atoms with Gasteiger partial charge in [-0.3, -0.25) is 0 Å². The van der Waals surface area contributed by atoms with Gasteiger partial charge in [-0.1, -0.05) is 41.1 Å². The summed E-state index contributed by atoms with van der Waals surface area (Å²) in [6, 6.07) is 9.46. The topological polar surface area (TPSA) is 32.6 Å². The second kappa shape index (κ2) is 5.45. The van der Waals surface area contributed by atoms with Gasteiger partial charge in [-0.05, 0) is 13.0 Å². The highest BCUT2D eigenvalue weighted by molar-refractivity contribution is 6.20. The first-order valence-corrected chi connectivity index (χ1v) is 4.82. The summed E-state index contributed by atoms with van der Waals surface area (Å²) in [6.07, 6.45) is 1.77. The molecule has 0 saturated heterocycles. The third-order valence-corrected chi connectivity index (χ3v) is 2.19. The fourth-order valence-corrected chi connectivity index (χ4v) is 1.13. The predicted octanol–water partition coefficient (Wildman–Crippen LogP) is 3.05. The Balaban J connectivity index is 2.96. The quantitative estimate of drug-likeness (QED) is 0.353. The Morgan fingerprint density at radius 3 is 2.57 bits per heavy atom. The lowest BCUT2D eigenvalue weighted by Gasteiger charge is -1.99. The van der Waals surface area contributed by atoms with Crippen LogP contribution < -0.4 is 0 Å². The molecule has 1 N–H and O–H groups in total. The molecule has 0 fully saturated rings. The largest absolute Gasteiger partial charge is 0.410 e. The molecule has 0 unspecified atom stereocenters. The van der Waals surface area contributed by atoms with Crippen molar-refractivity contribution >= 4 is 17.3 Å². The maximum Gasteiger partial charge on any atom is 0.109 e. The van der Waals surface area contributed by atoms with Crippen molar-refractivity contribution in [3.8, 4) is 0 Å². The Morgan fingerprint density at radius 2 is 2.07 bits per heavy atom. The molecule has 0 aliphatic heterocycles. The minimum Gasteiger partial charge on any atom is -0.410 e. The zero-order chi connectivity index (χ0) is 10.4. The highest BCUT2D eigenvalue weighted by atomic mass is 35.5. The van der Waals surface area contributed by atoms with Crippen molar-refractivity contribution in [2.24, 2.45) is 5.16 Å². The summed E-state index contributed by atoms with van der Waals surface area (Å²) < 4.78 is 0. The summed E-state index contributed by atoms with van der Waals surface area (Å²) in [7, 11) is 0. The average molecular weight is 210 g/mol. The van der Waals surface area contributed by atoms with Crippen LogP contribution in [0.5, 0.6) is 0 Å². The lowest BCUT2D eigenvalue weighted by Crippen LogP contribution is -1.98. The summed E-state index contributed by atoms with van der Waals surface area (Å²) in [6.45, 7) is 1.89. The maximum absolute atomic E-state index is 8.82. The van der Waals surface area contributed by atoms with Gasteiger partial charge >= 0.3 is 0 Å². The molecule has 0 aliphatic rings. The molecule has 0 saturated carbocycles.